The number of nitrogens with one attached hydrogen (secondary N) is 1. The van der Waals surface area contributed by atoms with Crippen LogP contribution in [0.15, 0.2) is 41.1 Å². The van der Waals surface area contributed by atoms with E-state index in [2.05, 4.69) is 32.3 Å². The Morgan fingerprint density at radius 2 is 2.14 bits per heavy atom. The molecule has 0 spiro atoms. The second-order valence-electron chi connectivity index (χ2n) is 5.51. The van der Waals surface area contributed by atoms with E-state index in [1.165, 1.54) is 0 Å². The van der Waals surface area contributed by atoms with Crippen LogP contribution < -0.4 is 5.32 Å². The Labute approximate surface area is 137 Å². The van der Waals surface area contributed by atoms with Gasteiger partial charge in [0.2, 0.25) is 11.9 Å². The minimum Gasteiger partial charge on any atom is -0.313 e. The van der Waals surface area contributed by atoms with Gasteiger partial charge in [-0.1, -0.05) is 28.1 Å². The zero-order valence-electron chi connectivity index (χ0n) is 11.9. The molecule has 0 aliphatic heterocycles. The molecule has 1 fully saturated rings. The molecular formula is C16H15BrN4O. The Kier molecular flexibility index (Phi) is 3.99. The highest BCUT2D eigenvalue weighted by Crippen LogP contribution is 2.41. The summed E-state index contributed by atoms with van der Waals surface area (Å²) >= 11 is 3.41. The molecule has 0 atom stereocenters. The number of rotatable bonds is 4. The zero-order chi connectivity index (χ0) is 15.6. The molecule has 0 unspecified atom stereocenters. The Bertz CT molecular complexity index is 725. The van der Waals surface area contributed by atoms with Crippen molar-refractivity contribution in [2.45, 2.75) is 25.8 Å². The van der Waals surface area contributed by atoms with Crippen LogP contribution in [0.1, 0.15) is 24.8 Å². The summed E-state index contributed by atoms with van der Waals surface area (Å²) in [6.45, 7) is 0.614. The van der Waals surface area contributed by atoms with Crippen molar-refractivity contribution >= 4 is 27.8 Å². The van der Waals surface area contributed by atoms with Crippen molar-refractivity contribution in [3.8, 4) is 6.07 Å². The Morgan fingerprint density at radius 1 is 1.41 bits per heavy atom. The fourth-order valence-electron chi connectivity index (χ4n) is 2.49. The quantitative estimate of drug-likeness (QED) is 0.910. The molecule has 6 heteroatoms. The summed E-state index contributed by atoms with van der Waals surface area (Å²) in [5, 5.41) is 12.0. The number of imidazole rings is 1. The van der Waals surface area contributed by atoms with E-state index < -0.39 is 5.41 Å². The number of nitriles is 1. The molecule has 0 saturated heterocycles. The first-order chi connectivity index (χ1) is 10.6. The van der Waals surface area contributed by atoms with Crippen LogP contribution in [0.2, 0.25) is 0 Å². The molecule has 1 amide bonds. The lowest BCUT2D eigenvalue weighted by Gasteiger charge is -2.33. The Balaban J connectivity index is 1.74. The zero-order valence-corrected chi connectivity index (χ0v) is 13.5. The van der Waals surface area contributed by atoms with E-state index in [1.807, 2.05) is 35.0 Å². The topological polar surface area (TPSA) is 70.7 Å². The van der Waals surface area contributed by atoms with Crippen molar-refractivity contribution < 1.29 is 4.79 Å². The Hall–Kier alpha value is -2.13. The monoisotopic (exact) mass is 358 g/mol. The van der Waals surface area contributed by atoms with Gasteiger partial charge in [-0.05, 0) is 37.0 Å². The number of carbonyl (C=O) groups excluding carboxylic acids is 1. The number of nitrogens with zero attached hydrogens (tertiary/aromatic N) is 3. The summed E-state index contributed by atoms with van der Waals surface area (Å²) in [5.74, 6) is 0.235. The third-order valence-corrected chi connectivity index (χ3v) is 4.59. The average molecular weight is 359 g/mol. The lowest BCUT2D eigenvalue weighted by atomic mass is 9.69. The minimum absolute atomic E-state index is 0.246. The lowest BCUT2D eigenvalue weighted by molar-refractivity contribution is -0.126. The molecule has 5 nitrogen and oxygen atoms in total. The van der Waals surface area contributed by atoms with Gasteiger partial charge in [0, 0.05) is 16.9 Å². The van der Waals surface area contributed by atoms with Crippen LogP contribution in [0, 0.1) is 16.7 Å². The number of halogens is 1. The first kappa shape index (κ1) is 14.8. The van der Waals surface area contributed by atoms with Crippen LogP contribution in [-0.4, -0.2) is 15.5 Å². The van der Waals surface area contributed by atoms with Gasteiger partial charge in [0.15, 0.2) is 0 Å². The maximum absolute atomic E-state index is 12.3. The van der Waals surface area contributed by atoms with Gasteiger partial charge in [-0.3, -0.25) is 10.1 Å². The lowest BCUT2D eigenvalue weighted by Crippen LogP contribution is -2.41. The largest absolute Gasteiger partial charge is 0.313 e. The van der Waals surface area contributed by atoms with Gasteiger partial charge < -0.3 is 4.57 Å². The maximum atomic E-state index is 12.3. The highest BCUT2D eigenvalue weighted by atomic mass is 79.9. The summed E-state index contributed by atoms with van der Waals surface area (Å²) in [7, 11) is 0. The molecule has 1 N–H and O–H groups in total. The van der Waals surface area contributed by atoms with Gasteiger partial charge in [-0.15, -0.1) is 0 Å². The van der Waals surface area contributed by atoms with Crippen molar-refractivity contribution in [3.05, 3.63) is 46.7 Å². The summed E-state index contributed by atoms with van der Waals surface area (Å²) in [6.07, 6.45) is 5.64. The van der Waals surface area contributed by atoms with E-state index in [-0.39, 0.29) is 5.91 Å². The molecule has 112 valence electrons. The number of hydrogen-bond acceptors (Lipinski definition) is 3. The van der Waals surface area contributed by atoms with Crippen LogP contribution in [0.25, 0.3) is 0 Å². The van der Waals surface area contributed by atoms with Crippen LogP contribution in [-0.2, 0) is 11.3 Å². The normalized spacial score (nSPS) is 15.6. The summed E-state index contributed by atoms with van der Waals surface area (Å²) in [4.78, 5) is 16.5. The number of aromatic nitrogens is 2. The first-order valence-electron chi connectivity index (χ1n) is 7.11. The van der Waals surface area contributed by atoms with E-state index >= 15 is 0 Å². The van der Waals surface area contributed by atoms with E-state index in [1.54, 1.807) is 6.20 Å². The van der Waals surface area contributed by atoms with Gasteiger partial charge >= 0.3 is 0 Å². The number of benzene rings is 1. The fourth-order valence-corrected chi connectivity index (χ4v) is 2.75. The maximum Gasteiger partial charge on any atom is 0.247 e. The standard InChI is InChI=1S/C16H15BrN4O/c17-13-4-2-12(3-5-13)10-21-9-8-19-15(21)20-14(22)16(11-18)6-1-7-16/h2-5,8-9H,1,6-7,10H2,(H,19,20,22). The smallest absolute Gasteiger partial charge is 0.247 e. The number of carbonyl (C=O) groups is 1. The SMILES string of the molecule is N#CC1(C(=O)Nc2nccn2Cc2ccc(Br)cc2)CCC1. The molecule has 1 aliphatic rings. The van der Waals surface area contributed by atoms with E-state index in [4.69, 9.17) is 0 Å². The second kappa shape index (κ2) is 5.93. The predicted molar refractivity (Wildman–Crippen MR) is 86.0 cm³/mol. The highest BCUT2D eigenvalue weighted by Gasteiger charge is 2.45. The van der Waals surface area contributed by atoms with Crippen LogP contribution >= 0.6 is 15.9 Å². The third kappa shape index (κ3) is 2.77. The summed E-state index contributed by atoms with van der Waals surface area (Å²) in [6, 6.07) is 10.1. The van der Waals surface area contributed by atoms with Gasteiger partial charge in [0.25, 0.3) is 0 Å². The first-order valence-corrected chi connectivity index (χ1v) is 7.90. The predicted octanol–water partition coefficient (Wildman–Crippen LogP) is 3.33. The third-order valence-electron chi connectivity index (χ3n) is 4.06. The fraction of sp³-hybridized carbons (Fsp3) is 0.312. The molecule has 1 saturated carbocycles. The number of anilines is 1. The molecule has 1 aliphatic carbocycles. The number of amides is 1. The average Bonchev–Trinajstić information content (AvgIpc) is 2.88. The van der Waals surface area contributed by atoms with Crippen molar-refractivity contribution in [3.63, 3.8) is 0 Å². The summed E-state index contributed by atoms with van der Waals surface area (Å²) in [5.41, 5.74) is 0.240. The number of hydrogen-bond donors (Lipinski definition) is 1. The molecule has 1 aromatic heterocycles. The van der Waals surface area contributed by atoms with E-state index in [0.717, 1.165) is 16.5 Å². The van der Waals surface area contributed by atoms with E-state index in [0.29, 0.717) is 25.3 Å². The molecular weight excluding hydrogens is 344 g/mol. The van der Waals surface area contributed by atoms with Crippen molar-refractivity contribution in [2.75, 3.05) is 5.32 Å². The van der Waals surface area contributed by atoms with Crippen molar-refractivity contribution in [2.24, 2.45) is 5.41 Å². The highest BCUT2D eigenvalue weighted by molar-refractivity contribution is 9.10. The minimum atomic E-state index is -0.867. The molecule has 0 radical (unpaired) electrons. The van der Waals surface area contributed by atoms with Gasteiger partial charge in [-0.2, -0.15) is 5.26 Å². The van der Waals surface area contributed by atoms with Crippen molar-refractivity contribution in [1.29, 1.82) is 5.26 Å². The van der Waals surface area contributed by atoms with Crippen LogP contribution in [0.5, 0.6) is 0 Å². The van der Waals surface area contributed by atoms with Gasteiger partial charge in [-0.25, -0.2) is 4.98 Å². The van der Waals surface area contributed by atoms with Crippen molar-refractivity contribution in [1.82, 2.24) is 9.55 Å². The van der Waals surface area contributed by atoms with Gasteiger partial charge in [0.05, 0.1) is 12.6 Å². The molecule has 1 heterocycles. The Morgan fingerprint density at radius 3 is 2.73 bits per heavy atom. The van der Waals surface area contributed by atoms with Crippen LogP contribution in [0.3, 0.4) is 0 Å². The molecule has 2 aromatic rings. The van der Waals surface area contributed by atoms with Crippen LogP contribution in [0.4, 0.5) is 5.95 Å². The molecule has 22 heavy (non-hydrogen) atoms. The molecule has 1 aromatic carbocycles. The van der Waals surface area contributed by atoms with E-state index in [9.17, 15) is 10.1 Å². The molecule has 0 bridgehead atoms. The molecule has 3 rings (SSSR count). The second-order valence-corrected chi connectivity index (χ2v) is 6.42. The van der Waals surface area contributed by atoms with Gasteiger partial charge in [0.1, 0.15) is 5.41 Å². The summed E-state index contributed by atoms with van der Waals surface area (Å²) < 4.78 is 2.89.